The average molecular weight is 358 g/mol. The quantitative estimate of drug-likeness (QED) is 0.779. The van der Waals surface area contributed by atoms with Crippen LogP contribution in [-0.2, 0) is 0 Å². The first-order valence-electron chi connectivity index (χ1n) is 9.60. The highest BCUT2D eigenvalue weighted by Crippen LogP contribution is 2.46. The van der Waals surface area contributed by atoms with Crippen LogP contribution in [0.15, 0.2) is 36.8 Å². The second-order valence-electron chi connectivity index (χ2n) is 7.53. The normalized spacial score (nSPS) is 20.0. The summed E-state index contributed by atoms with van der Waals surface area (Å²) in [5.41, 5.74) is 3.91. The monoisotopic (exact) mass is 358 g/mol. The van der Waals surface area contributed by atoms with Crippen molar-refractivity contribution >= 4 is 16.9 Å². The number of hydrogen-bond acceptors (Lipinski definition) is 5. The maximum absolute atomic E-state index is 9.27. The Morgan fingerprint density at radius 1 is 1.26 bits per heavy atom. The topological polar surface area (TPSA) is 69.8 Å². The maximum atomic E-state index is 9.27. The standard InChI is InChI=1S/C21H22N6/c1-14-11-23-7-8-26(14)20-19-18(16-5-6-16)12-27(21(19)25-13-24-20)17-4-2-3-15(9-17)10-22/h2-4,9,12-14,16,23H,5-8,11H2,1H3/t14-/m0/s1. The highest BCUT2D eigenvalue weighted by molar-refractivity contribution is 5.93. The average Bonchev–Trinajstić information content (AvgIpc) is 3.48. The van der Waals surface area contributed by atoms with Gasteiger partial charge in [-0.2, -0.15) is 5.26 Å². The van der Waals surface area contributed by atoms with Crippen molar-refractivity contribution in [3.05, 3.63) is 47.9 Å². The summed E-state index contributed by atoms with van der Waals surface area (Å²) in [6.07, 6.45) is 6.34. The molecule has 3 aromatic rings. The third kappa shape index (κ3) is 2.75. The molecule has 0 radical (unpaired) electrons. The van der Waals surface area contributed by atoms with Crippen LogP contribution in [0.2, 0.25) is 0 Å². The molecule has 1 saturated heterocycles. The fourth-order valence-corrected chi connectivity index (χ4v) is 4.07. The highest BCUT2D eigenvalue weighted by Gasteiger charge is 2.32. The summed E-state index contributed by atoms with van der Waals surface area (Å²) >= 11 is 0. The van der Waals surface area contributed by atoms with E-state index in [0.29, 0.717) is 17.5 Å². The van der Waals surface area contributed by atoms with E-state index in [1.807, 2.05) is 24.3 Å². The van der Waals surface area contributed by atoms with Gasteiger partial charge in [-0.15, -0.1) is 0 Å². The number of nitrogens with zero attached hydrogens (tertiary/aromatic N) is 5. The zero-order valence-electron chi connectivity index (χ0n) is 15.4. The van der Waals surface area contributed by atoms with Crippen LogP contribution >= 0.6 is 0 Å². The first-order chi connectivity index (χ1) is 13.3. The van der Waals surface area contributed by atoms with E-state index in [-0.39, 0.29) is 0 Å². The first-order valence-corrected chi connectivity index (χ1v) is 9.60. The predicted octanol–water partition coefficient (Wildman–Crippen LogP) is 2.97. The molecule has 136 valence electrons. The van der Waals surface area contributed by atoms with E-state index in [9.17, 15) is 5.26 Å². The molecule has 1 aliphatic carbocycles. The lowest BCUT2D eigenvalue weighted by Crippen LogP contribution is -2.50. The van der Waals surface area contributed by atoms with Gasteiger partial charge in [-0.25, -0.2) is 9.97 Å². The Hall–Kier alpha value is -2.91. The molecular formula is C21H22N6. The number of rotatable bonds is 3. The van der Waals surface area contributed by atoms with Crippen molar-refractivity contribution in [2.45, 2.75) is 31.7 Å². The van der Waals surface area contributed by atoms with E-state index in [0.717, 1.165) is 36.8 Å². The minimum absolute atomic E-state index is 0.397. The molecule has 1 aromatic carbocycles. The van der Waals surface area contributed by atoms with E-state index in [2.05, 4.69) is 39.0 Å². The Kier molecular flexibility index (Phi) is 3.83. The van der Waals surface area contributed by atoms with Gasteiger partial charge in [0.25, 0.3) is 0 Å². The summed E-state index contributed by atoms with van der Waals surface area (Å²) in [7, 11) is 0. The SMILES string of the molecule is C[C@H]1CNCCN1c1ncnc2c1c(C1CC1)cn2-c1cccc(C#N)c1. The van der Waals surface area contributed by atoms with E-state index >= 15 is 0 Å². The predicted molar refractivity (Wildman–Crippen MR) is 105 cm³/mol. The van der Waals surface area contributed by atoms with Gasteiger partial charge in [0, 0.05) is 37.6 Å². The number of hydrogen-bond donors (Lipinski definition) is 1. The summed E-state index contributed by atoms with van der Waals surface area (Å²) in [5.74, 6) is 1.64. The van der Waals surface area contributed by atoms with Crippen molar-refractivity contribution in [2.24, 2.45) is 0 Å². The lowest BCUT2D eigenvalue weighted by atomic mass is 10.1. The second-order valence-corrected chi connectivity index (χ2v) is 7.53. The van der Waals surface area contributed by atoms with Crippen LogP contribution in [0.5, 0.6) is 0 Å². The summed E-state index contributed by atoms with van der Waals surface area (Å²) in [6.45, 7) is 5.13. The molecule has 5 rings (SSSR count). The molecule has 2 fully saturated rings. The number of nitriles is 1. The molecule has 1 atom stereocenters. The fourth-order valence-electron chi connectivity index (χ4n) is 4.07. The molecule has 0 bridgehead atoms. The molecule has 1 aliphatic heterocycles. The van der Waals surface area contributed by atoms with Gasteiger partial charge in [-0.05, 0) is 49.4 Å². The molecule has 27 heavy (non-hydrogen) atoms. The fraction of sp³-hybridized carbons (Fsp3) is 0.381. The van der Waals surface area contributed by atoms with Crippen LogP contribution in [0.1, 0.15) is 36.8 Å². The number of piperazine rings is 1. The lowest BCUT2D eigenvalue weighted by Gasteiger charge is -2.35. The van der Waals surface area contributed by atoms with Crippen LogP contribution in [0.3, 0.4) is 0 Å². The second kappa shape index (κ2) is 6.36. The van der Waals surface area contributed by atoms with Crippen molar-refractivity contribution in [3.63, 3.8) is 0 Å². The van der Waals surface area contributed by atoms with Gasteiger partial charge >= 0.3 is 0 Å². The Balaban J connectivity index is 1.72. The molecule has 0 spiro atoms. The zero-order valence-corrected chi connectivity index (χ0v) is 15.4. The van der Waals surface area contributed by atoms with Crippen molar-refractivity contribution in [2.75, 3.05) is 24.5 Å². The van der Waals surface area contributed by atoms with Crippen molar-refractivity contribution in [1.82, 2.24) is 19.9 Å². The van der Waals surface area contributed by atoms with Crippen LogP contribution in [0.25, 0.3) is 16.7 Å². The van der Waals surface area contributed by atoms with Gasteiger partial charge < -0.3 is 14.8 Å². The number of anilines is 1. The molecule has 6 heteroatoms. The Labute approximate surface area is 158 Å². The highest BCUT2D eigenvalue weighted by atomic mass is 15.3. The Morgan fingerprint density at radius 2 is 2.15 bits per heavy atom. The van der Waals surface area contributed by atoms with Gasteiger partial charge in [-0.1, -0.05) is 6.07 Å². The van der Waals surface area contributed by atoms with E-state index in [1.54, 1.807) is 6.33 Å². The third-order valence-electron chi connectivity index (χ3n) is 5.64. The molecule has 1 saturated carbocycles. The third-order valence-corrected chi connectivity index (χ3v) is 5.64. The summed E-state index contributed by atoms with van der Waals surface area (Å²) < 4.78 is 2.13. The van der Waals surface area contributed by atoms with E-state index < -0.39 is 0 Å². The summed E-state index contributed by atoms with van der Waals surface area (Å²) in [4.78, 5) is 11.8. The molecule has 1 N–H and O–H groups in total. The van der Waals surface area contributed by atoms with Gasteiger partial charge in [0.15, 0.2) is 0 Å². The molecule has 0 unspecified atom stereocenters. The van der Waals surface area contributed by atoms with Crippen LogP contribution in [0, 0.1) is 11.3 Å². The van der Waals surface area contributed by atoms with Crippen LogP contribution < -0.4 is 10.2 Å². The van der Waals surface area contributed by atoms with Crippen LogP contribution in [-0.4, -0.2) is 40.2 Å². The first kappa shape index (κ1) is 16.3. The number of benzene rings is 1. The smallest absolute Gasteiger partial charge is 0.150 e. The zero-order chi connectivity index (χ0) is 18.4. The summed E-state index contributed by atoms with van der Waals surface area (Å²) in [5, 5.41) is 13.9. The molecule has 6 nitrogen and oxygen atoms in total. The van der Waals surface area contributed by atoms with Gasteiger partial charge in [0.2, 0.25) is 0 Å². The maximum Gasteiger partial charge on any atom is 0.150 e. The van der Waals surface area contributed by atoms with Gasteiger partial charge in [0.05, 0.1) is 17.0 Å². The van der Waals surface area contributed by atoms with E-state index in [1.165, 1.54) is 23.8 Å². The number of nitrogens with one attached hydrogen (secondary N) is 1. The molecule has 3 heterocycles. The molecular weight excluding hydrogens is 336 g/mol. The van der Waals surface area contributed by atoms with Crippen molar-refractivity contribution in [3.8, 4) is 11.8 Å². The minimum Gasteiger partial charge on any atom is -0.351 e. The van der Waals surface area contributed by atoms with E-state index in [4.69, 9.17) is 4.98 Å². The van der Waals surface area contributed by atoms with Crippen molar-refractivity contribution < 1.29 is 0 Å². The number of aromatic nitrogens is 3. The molecule has 2 aromatic heterocycles. The lowest BCUT2D eigenvalue weighted by molar-refractivity contribution is 0.498. The van der Waals surface area contributed by atoms with Gasteiger partial charge in [0.1, 0.15) is 17.8 Å². The Morgan fingerprint density at radius 3 is 2.93 bits per heavy atom. The van der Waals surface area contributed by atoms with Gasteiger partial charge in [-0.3, -0.25) is 0 Å². The largest absolute Gasteiger partial charge is 0.351 e. The number of fused-ring (bicyclic) bond motifs is 1. The molecule has 0 amide bonds. The van der Waals surface area contributed by atoms with Crippen LogP contribution in [0.4, 0.5) is 5.82 Å². The van der Waals surface area contributed by atoms with Crippen molar-refractivity contribution in [1.29, 1.82) is 5.26 Å². The Bertz CT molecular complexity index is 1040. The minimum atomic E-state index is 0.397. The summed E-state index contributed by atoms with van der Waals surface area (Å²) in [6, 6.07) is 10.3. The molecule has 2 aliphatic rings.